The number of carbonyl (C=O) groups excluding carboxylic acids is 1. The Labute approximate surface area is 256 Å². The number of hydrogen-bond acceptors (Lipinski definition) is 7. The molecular weight excluding hydrogens is 586 g/mol. The first kappa shape index (κ1) is 28.0. The molecule has 0 unspecified atom stereocenters. The van der Waals surface area contributed by atoms with E-state index < -0.39 is 0 Å². The number of benzene rings is 3. The van der Waals surface area contributed by atoms with Crippen LogP contribution in [0.3, 0.4) is 0 Å². The SMILES string of the molecule is O=C(NCCC(c1ccccc1)c1ccccc1)c1csc(CSc2nnc(-c3ccco3)n2-c2cccc(Cl)c2)n1. The van der Waals surface area contributed by atoms with E-state index in [0.717, 1.165) is 17.1 Å². The van der Waals surface area contributed by atoms with E-state index in [-0.39, 0.29) is 11.8 Å². The van der Waals surface area contributed by atoms with Crippen LogP contribution in [0.25, 0.3) is 17.3 Å². The fourth-order valence-electron chi connectivity index (χ4n) is 4.70. The van der Waals surface area contributed by atoms with Crippen molar-refractivity contribution in [3.05, 3.63) is 136 Å². The zero-order valence-electron chi connectivity index (χ0n) is 22.4. The Balaban J connectivity index is 1.11. The molecule has 3 aromatic heterocycles. The Morgan fingerprint density at radius 2 is 1.71 bits per heavy atom. The number of nitrogens with zero attached hydrogens (tertiary/aromatic N) is 4. The van der Waals surface area contributed by atoms with Gasteiger partial charge in [-0.15, -0.1) is 21.5 Å². The third-order valence-corrected chi connectivity index (χ3v) is 8.88. The Morgan fingerprint density at radius 1 is 0.952 bits per heavy atom. The van der Waals surface area contributed by atoms with E-state index in [4.69, 9.17) is 16.0 Å². The zero-order chi connectivity index (χ0) is 28.7. The van der Waals surface area contributed by atoms with Gasteiger partial charge in [0.25, 0.3) is 5.91 Å². The van der Waals surface area contributed by atoms with Gasteiger partial charge in [0.1, 0.15) is 10.7 Å². The van der Waals surface area contributed by atoms with Crippen LogP contribution in [0.5, 0.6) is 0 Å². The highest BCUT2D eigenvalue weighted by Gasteiger charge is 2.20. The number of aromatic nitrogens is 4. The molecule has 0 spiro atoms. The number of halogens is 1. The van der Waals surface area contributed by atoms with Gasteiger partial charge in [-0.25, -0.2) is 4.98 Å². The number of furan rings is 1. The van der Waals surface area contributed by atoms with Gasteiger partial charge in [-0.2, -0.15) is 0 Å². The number of thiazole rings is 1. The molecule has 0 bridgehead atoms. The van der Waals surface area contributed by atoms with Gasteiger partial charge in [0.05, 0.1) is 17.7 Å². The lowest BCUT2D eigenvalue weighted by molar-refractivity contribution is 0.0948. The molecular formula is C32H26ClN5O2S2. The Hall–Kier alpha value is -4.18. The van der Waals surface area contributed by atoms with E-state index in [2.05, 4.69) is 44.8 Å². The number of thioether (sulfide) groups is 1. The van der Waals surface area contributed by atoms with Crippen LogP contribution in [-0.2, 0) is 5.75 Å². The fraction of sp³-hybridized carbons (Fsp3) is 0.125. The molecule has 1 N–H and O–H groups in total. The Morgan fingerprint density at radius 3 is 2.40 bits per heavy atom. The maximum Gasteiger partial charge on any atom is 0.270 e. The maximum absolute atomic E-state index is 13.0. The number of nitrogens with one attached hydrogen (secondary N) is 1. The third-order valence-electron chi connectivity index (χ3n) is 6.67. The second kappa shape index (κ2) is 13.2. The third kappa shape index (κ3) is 6.49. The summed E-state index contributed by atoms with van der Waals surface area (Å²) in [5.41, 5.74) is 3.70. The predicted molar refractivity (Wildman–Crippen MR) is 167 cm³/mol. The molecule has 1 amide bonds. The van der Waals surface area contributed by atoms with Crippen LogP contribution in [0.1, 0.15) is 39.0 Å². The topological polar surface area (TPSA) is 85.8 Å². The standard InChI is InChI=1S/C32H26ClN5O2S2/c33-24-13-7-14-25(19-24)38-30(28-15-8-18-40-28)36-37-32(38)42-21-29-35-27(20-41-29)31(39)34-17-16-26(22-9-3-1-4-10-22)23-11-5-2-6-12-23/h1-15,18-20,26H,16-17,21H2,(H,34,39). The summed E-state index contributed by atoms with van der Waals surface area (Å²) in [4.78, 5) is 17.6. The van der Waals surface area contributed by atoms with Gasteiger partial charge >= 0.3 is 0 Å². The van der Waals surface area contributed by atoms with Gasteiger partial charge in [0.2, 0.25) is 5.82 Å². The van der Waals surface area contributed by atoms with Crippen molar-refractivity contribution in [3.63, 3.8) is 0 Å². The van der Waals surface area contributed by atoms with Crippen LogP contribution in [-0.4, -0.2) is 32.2 Å². The number of carbonyl (C=O) groups is 1. The Kier molecular flexibility index (Phi) is 8.79. The molecule has 6 rings (SSSR count). The molecule has 0 saturated carbocycles. The average molecular weight is 612 g/mol. The molecule has 42 heavy (non-hydrogen) atoms. The molecule has 10 heteroatoms. The minimum absolute atomic E-state index is 0.176. The smallest absolute Gasteiger partial charge is 0.270 e. The second-order valence-corrected chi connectivity index (χ2v) is 11.8. The zero-order valence-corrected chi connectivity index (χ0v) is 24.8. The summed E-state index contributed by atoms with van der Waals surface area (Å²) in [5, 5.41) is 15.7. The Bertz CT molecular complexity index is 1710. The molecule has 3 heterocycles. The molecule has 0 fully saturated rings. The van der Waals surface area contributed by atoms with E-state index in [1.165, 1.54) is 34.2 Å². The first-order chi connectivity index (χ1) is 20.7. The van der Waals surface area contributed by atoms with Gasteiger partial charge in [-0.3, -0.25) is 9.36 Å². The van der Waals surface area contributed by atoms with Crippen molar-refractivity contribution in [2.75, 3.05) is 6.54 Å². The minimum atomic E-state index is -0.176. The minimum Gasteiger partial charge on any atom is -0.461 e. The monoisotopic (exact) mass is 611 g/mol. The lowest BCUT2D eigenvalue weighted by atomic mass is 9.88. The second-order valence-electron chi connectivity index (χ2n) is 9.43. The molecule has 0 saturated heterocycles. The van der Waals surface area contributed by atoms with E-state index in [1.807, 2.05) is 77.4 Å². The molecule has 6 aromatic rings. The van der Waals surface area contributed by atoms with E-state index in [9.17, 15) is 4.79 Å². The first-order valence-electron chi connectivity index (χ1n) is 13.4. The predicted octanol–water partition coefficient (Wildman–Crippen LogP) is 7.88. The lowest BCUT2D eigenvalue weighted by Crippen LogP contribution is -2.26. The van der Waals surface area contributed by atoms with Crippen LogP contribution in [0.2, 0.25) is 5.02 Å². The van der Waals surface area contributed by atoms with Crippen molar-refractivity contribution in [2.24, 2.45) is 0 Å². The van der Waals surface area contributed by atoms with Crippen molar-refractivity contribution >= 4 is 40.6 Å². The highest BCUT2D eigenvalue weighted by molar-refractivity contribution is 7.98. The van der Waals surface area contributed by atoms with Crippen molar-refractivity contribution in [3.8, 4) is 17.3 Å². The maximum atomic E-state index is 13.0. The van der Waals surface area contributed by atoms with Gasteiger partial charge in [-0.05, 0) is 47.9 Å². The molecule has 210 valence electrons. The van der Waals surface area contributed by atoms with Crippen LogP contribution in [0, 0.1) is 0 Å². The van der Waals surface area contributed by atoms with Gasteiger partial charge in [0.15, 0.2) is 10.9 Å². The fourth-order valence-corrected chi connectivity index (χ4v) is 6.63. The largest absolute Gasteiger partial charge is 0.461 e. The van der Waals surface area contributed by atoms with E-state index in [1.54, 1.807) is 11.6 Å². The molecule has 0 atom stereocenters. The lowest BCUT2D eigenvalue weighted by Gasteiger charge is -2.18. The van der Waals surface area contributed by atoms with Crippen molar-refractivity contribution in [1.82, 2.24) is 25.1 Å². The van der Waals surface area contributed by atoms with Gasteiger partial charge in [-0.1, -0.05) is 90.1 Å². The summed E-state index contributed by atoms with van der Waals surface area (Å²) in [6.07, 6.45) is 2.38. The molecule has 0 aliphatic carbocycles. The first-order valence-corrected chi connectivity index (χ1v) is 15.6. The summed E-state index contributed by atoms with van der Waals surface area (Å²) in [6, 6.07) is 31.9. The van der Waals surface area contributed by atoms with Crippen LogP contribution >= 0.6 is 34.7 Å². The van der Waals surface area contributed by atoms with Crippen LogP contribution in [0.4, 0.5) is 0 Å². The normalized spacial score (nSPS) is 11.2. The van der Waals surface area contributed by atoms with Gasteiger partial charge in [0, 0.05) is 22.9 Å². The van der Waals surface area contributed by atoms with Gasteiger partial charge < -0.3 is 9.73 Å². The molecule has 7 nitrogen and oxygen atoms in total. The number of hydrogen-bond donors (Lipinski definition) is 1. The van der Waals surface area contributed by atoms with Crippen LogP contribution < -0.4 is 5.32 Å². The van der Waals surface area contributed by atoms with Crippen molar-refractivity contribution in [1.29, 1.82) is 0 Å². The summed E-state index contributed by atoms with van der Waals surface area (Å²) >= 11 is 9.21. The molecule has 3 aromatic carbocycles. The summed E-state index contributed by atoms with van der Waals surface area (Å²) < 4.78 is 7.50. The summed E-state index contributed by atoms with van der Waals surface area (Å²) in [5.74, 6) is 1.72. The van der Waals surface area contributed by atoms with E-state index >= 15 is 0 Å². The number of amides is 1. The van der Waals surface area contributed by atoms with Crippen LogP contribution in [0.15, 0.2) is 118 Å². The molecule has 0 aliphatic heterocycles. The number of rotatable bonds is 11. The molecule has 0 aliphatic rings. The molecule has 0 radical (unpaired) electrons. The van der Waals surface area contributed by atoms with Crippen molar-refractivity contribution < 1.29 is 9.21 Å². The summed E-state index contributed by atoms with van der Waals surface area (Å²) in [7, 11) is 0. The highest BCUT2D eigenvalue weighted by Crippen LogP contribution is 2.32. The summed E-state index contributed by atoms with van der Waals surface area (Å²) in [6.45, 7) is 0.535. The van der Waals surface area contributed by atoms with Crippen molar-refractivity contribution in [2.45, 2.75) is 23.2 Å². The average Bonchev–Trinajstić information content (AvgIpc) is 3.80. The quantitative estimate of drug-likeness (QED) is 0.150. The highest BCUT2D eigenvalue weighted by atomic mass is 35.5. The van der Waals surface area contributed by atoms with E-state index in [0.29, 0.717) is 39.8 Å².